The third kappa shape index (κ3) is 2.97. The van der Waals surface area contributed by atoms with Crippen LogP contribution in [0.5, 0.6) is 5.75 Å². The zero-order chi connectivity index (χ0) is 14.7. The molecule has 0 radical (unpaired) electrons. The van der Waals surface area contributed by atoms with Gasteiger partial charge in [-0.2, -0.15) is 0 Å². The number of aromatic nitrogens is 1. The van der Waals surface area contributed by atoms with Crippen LogP contribution in [-0.4, -0.2) is 23.3 Å². The van der Waals surface area contributed by atoms with E-state index in [1.54, 1.807) is 42.7 Å². The van der Waals surface area contributed by atoms with Gasteiger partial charge in [0.15, 0.2) is 12.4 Å². The smallest absolute Gasteiger partial charge is 0.262 e. The SMILES string of the molecule is O=C1COc2ccc(C(=O)C=Cc3cccnc3)cc2N1. The molecule has 0 saturated heterocycles. The van der Waals surface area contributed by atoms with Crippen LogP contribution in [0.3, 0.4) is 0 Å². The summed E-state index contributed by atoms with van der Waals surface area (Å²) in [4.78, 5) is 27.4. The molecule has 0 spiro atoms. The van der Waals surface area contributed by atoms with Crippen molar-refractivity contribution in [3.63, 3.8) is 0 Å². The van der Waals surface area contributed by atoms with Gasteiger partial charge in [0.05, 0.1) is 5.69 Å². The van der Waals surface area contributed by atoms with Gasteiger partial charge in [0.2, 0.25) is 0 Å². The Hall–Kier alpha value is -2.95. The molecule has 0 saturated carbocycles. The number of amides is 1. The molecule has 1 N–H and O–H groups in total. The standard InChI is InChI=1S/C16H12N2O3/c19-14(5-3-11-2-1-7-17-9-11)12-4-6-15-13(8-12)18-16(20)10-21-15/h1-9H,10H2,(H,18,20). The second-order valence-electron chi connectivity index (χ2n) is 4.53. The predicted molar refractivity (Wildman–Crippen MR) is 78.2 cm³/mol. The summed E-state index contributed by atoms with van der Waals surface area (Å²) in [5, 5.41) is 2.68. The van der Waals surface area contributed by atoms with Crippen molar-refractivity contribution < 1.29 is 14.3 Å². The van der Waals surface area contributed by atoms with Gasteiger partial charge < -0.3 is 10.1 Å². The summed E-state index contributed by atoms with van der Waals surface area (Å²) in [5.41, 5.74) is 1.85. The van der Waals surface area contributed by atoms with E-state index in [2.05, 4.69) is 10.3 Å². The van der Waals surface area contributed by atoms with Crippen molar-refractivity contribution in [2.75, 3.05) is 11.9 Å². The second kappa shape index (κ2) is 5.58. The topological polar surface area (TPSA) is 68.3 Å². The first-order chi connectivity index (χ1) is 10.2. The van der Waals surface area contributed by atoms with Gasteiger partial charge in [-0.15, -0.1) is 0 Å². The van der Waals surface area contributed by atoms with Crippen LogP contribution in [0.25, 0.3) is 6.08 Å². The quantitative estimate of drug-likeness (QED) is 0.692. The molecular weight excluding hydrogens is 268 g/mol. The van der Waals surface area contributed by atoms with Crippen molar-refractivity contribution >= 4 is 23.5 Å². The molecule has 1 aliphatic rings. The number of ketones is 1. The summed E-state index contributed by atoms with van der Waals surface area (Å²) in [7, 11) is 0. The van der Waals surface area contributed by atoms with Crippen LogP contribution in [0.4, 0.5) is 5.69 Å². The number of rotatable bonds is 3. The van der Waals surface area contributed by atoms with Gasteiger partial charge in [-0.05, 0) is 42.0 Å². The Bertz CT molecular complexity index is 724. The zero-order valence-electron chi connectivity index (χ0n) is 11.1. The molecule has 1 aromatic heterocycles. The van der Waals surface area contributed by atoms with Gasteiger partial charge in [-0.3, -0.25) is 14.6 Å². The Morgan fingerprint density at radius 2 is 2.24 bits per heavy atom. The maximum atomic E-state index is 12.1. The molecule has 1 amide bonds. The highest BCUT2D eigenvalue weighted by molar-refractivity contribution is 6.08. The molecule has 104 valence electrons. The van der Waals surface area contributed by atoms with Crippen LogP contribution < -0.4 is 10.1 Å². The van der Waals surface area contributed by atoms with E-state index in [0.717, 1.165) is 5.56 Å². The van der Waals surface area contributed by atoms with E-state index in [1.165, 1.54) is 6.08 Å². The summed E-state index contributed by atoms with van der Waals surface area (Å²) < 4.78 is 5.25. The highest BCUT2D eigenvalue weighted by Gasteiger charge is 2.17. The first-order valence-corrected chi connectivity index (χ1v) is 6.41. The Balaban J connectivity index is 1.81. The largest absolute Gasteiger partial charge is 0.482 e. The van der Waals surface area contributed by atoms with E-state index < -0.39 is 0 Å². The predicted octanol–water partition coefficient (Wildman–Crippen LogP) is 2.31. The van der Waals surface area contributed by atoms with E-state index >= 15 is 0 Å². The number of hydrogen-bond acceptors (Lipinski definition) is 4. The minimum absolute atomic E-state index is 0.00119. The van der Waals surface area contributed by atoms with Crippen molar-refractivity contribution in [1.29, 1.82) is 0 Å². The van der Waals surface area contributed by atoms with Crippen molar-refractivity contribution in [3.05, 3.63) is 59.9 Å². The number of fused-ring (bicyclic) bond motifs is 1. The number of carbonyl (C=O) groups excluding carboxylic acids is 2. The first-order valence-electron chi connectivity index (χ1n) is 6.41. The van der Waals surface area contributed by atoms with Crippen LogP contribution in [0.2, 0.25) is 0 Å². The number of ether oxygens (including phenoxy) is 1. The van der Waals surface area contributed by atoms with E-state index in [0.29, 0.717) is 17.0 Å². The molecule has 3 rings (SSSR count). The summed E-state index contributed by atoms with van der Waals surface area (Å²) in [6.45, 7) is 0.00119. The van der Waals surface area contributed by atoms with Crippen LogP contribution >= 0.6 is 0 Å². The van der Waals surface area contributed by atoms with Gasteiger partial charge in [-0.1, -0.05) is 6.07 Å². The molecular formula is C16H12N2O3. The lowest BCUT2D eigenvalue weighted by Crippen LogP contribution is -2.25. The molecule has 2 aromatic rings. The van der Waals surface area contributed by atoms with Crippen molar-refractivity contribution in [2.24, 2.45) is 0 Å². The maximum absolute atomic E-state index is 12.1. The lowest BCUT2D eigenvalue weighted by atomic mass is 10.1. The number of carbonyl (C=O) groups is 2. The number of allylic oxidation sites excluding steroid dienone is 1. The normalized spacial score (nSPS) is 13.4. The Morgan fingerprint density at radius 1 is 1.33 bits per heavy atom. The average molecular weight is 280 g/mol. The molecule has 0 unspecified atom stereocenters. The molecule has 0 fully saturated rings. The summed E-state index contributed by atoms with van der Waals surface area (Å²) >= 11 is 0. The highest BCUT2D eigenvalue weighted by Crippen LogP contribution is 2.28. The summed E-state index contributed by atoms with van der Waals surface area (Å²) in [6.07, 6.45) is 6.52. The third-order valence-electron chi connectivity index (χ3n) is 3.01. The van der Waals surface area contributed by atoms with Crippen LogP contribution in [0.15, 0.2) is 48.8 Å². The molecule has 0 aliphatic carbocycles. The van der Waals surface area contributed by atoms with Crippen LogP contribution in [0, 0.1) is 0 Å². The fourth-order valence-electron chi connectivity index (χ4n) is 1.98. The van der Waals surface area contributed by atoms with Gasteiger partial charge in [0.25, 0.3) is 5.91 Å². The lowest BCUT2D eigenvalue weighted by Gasteiger charge is -2.17. The fraction of sp³-hybridized carbons (Fsp3) is 0.0625. The van der Waals surface area contributed by atoms with E-state index in [1.807, 2.05) is 6.07 Å². The molecule has 1 aromatic carbocycles. The van der Waals surface area contributed by atoms with Crippen molar-refractivity contribution in [3.8, 4) is 5.75 Å². The second-order valence-corrected chi connectivity index (χ2v) is 4.53. The molecule has 1 aliphatic heterocycles. The van der Waals surface area contributed by atoms with Crippen molar-refractivity contribution in [2.45, 2.75) is 0 Å². The number of benzene rings is 1. The maximum Gasteiger partial charge on any atom is 0.262 e. The molecule has 5 nitrogen and oxygen atoms in total. The number of pyridine rings is 1. The molecule has 0 bridgehead atoms. The van der Waals surface area contributed by atoms with E-state index in [-0.39, 0.29) is 18.3 Å². The Labute approximate surface area is 121 Å². The van der Waals surface area contributed by atoms with Gasteiger partial charge >= 0.3 is 0 Å². The average Bonchev–Trinajstić information content (AvgIpc) is 2.53. The molecule has 2 heterocycles. The first kappa shape index (κ1) is 13.1. The van der Waals surface area contributed by atoms with E-state index in [9.17, 15) is 9.59 Å². The molecule has 5 heteroatoms. The number of hydrogen-bond donors (Lipinski definition) is 1. The molecule has 21 heavy (non-hydrogen) atoms. The minimum atomic E-state index is -0.224. The molecule has 0 atom stereocenters. The van der Waals surface area contributed by atoms with E-state index in [4.69, 9.17) is 4.74 Å². The van der Waals surface area contributed by atoms with Gasteiger partial charge in [-0.25, -0.2) is 0 Å². The minimum Gasteiger partial charge on any atom is -0.482 e. The number of nitrogens with one attached hydrogen (secondary N) is 1. The third-order valence-corrected chi connectivity index (χ3v) is 3.01. The van der Waals surface area contributed by atoms with Crippen LogP contribution in [0.1, 0.15) is 15.9 Å². The summed E-state index contributed by atoms with van der Waals surface area (Å²) in [5.74, 6) is 0.196. The van der Waals surface area contributed by atoms with Crippen molar-refractivity contribution in [1.82, 2.24) is 4.98 Å². The highest BCUT2D eigenvalue weighted by atomic mass is 16.5. The Kier molecular flexibility index (Phi) is 3.47. The van der Waals surface area contributed by atoms with Gasteiger partial charge in [0, 0.05) is 18.0 Å². The van der Waals surface area contributed by atoms with Crippen LogP contribution in [-0.2, 0) is 4.79 Å². The number of nitrogens with zero attached hydrogens (tertiary/aromatic N) is 1. The monoisotopic (exact) mass is 280 g/mol. The van der Waals surface area contributed by atoms with Gasteiger partial charge in [0.1, 0.15) is 5.75 Å². The summed E-state index contributed by atoms with van der Waals surface area (Å²) in [6, 6.07) is 8.63. The fourth-order valence-corrected chi connectivity index (χ4v) is 1.98. The lowest BCUT2D eigenvalue weighted by molar-refractivity contribution is -0.118. The zero-order valence-corrected chi connectivity index (χ0v) is 11.1. The number of anilines is 1. The Morgan fingerprint density at radius 3 is 3.05 bits per heavy atom.